The van der Waals surface area contributed by atoms with Crippen LogP contribution in [-0.4, -0.2) is 11.7 Å². The largest absolute Gasteiger partial charge is 0.396 e. The first kappa shape index (κ1) is 10.0. The van der Waals surface area contributed by atoms with Crippen LogP contribution in [0.15, 0.2) is 42.5 Å². The van der Waals surface area contributed by atoms with E-state index in [0.29, 0.717) is 0 Å². The lowest BCUT2D eigenvalue weighted by atomic mass is 10.1. The molecule has 1 aromatic rings. The fraction of sp³-hybridized carbons (Fsp3) is 0.333. The number of aliphatic hydroxyl groups is 1. The number of benzene rings is 1. The molecule has 0 aliphatic carbocycles. The maximum Gasteiger partial charge on any atom is 0.0433 e. The van der Waals surface area contributed by atoms with Crippen molar-refractivity contribution >= 4 is 0 Å². The third-order valence-electron chi connectivity index (χ3n) is 1.89. The van der Waals surface area contributed by atoms with Gasteiger partial charge >= 0.3 is 0 Å². The van der Waals surface area contributed by atoms with Gasteiger partial charge < -0.3 is 5.11 Å². The topological polar surface area (TPSA) is 20.2 Å². The maximum atomic E-state index is 8.55. The third-order valence-corrected chi connectivity index (χ3v) is 1.89. The second kappa shape index (κ2) is 6.44. The summed E-state index contributed by atoms with van der Waals surface area (Å²) in [5.74, 6) is 0. The Balaban J connectivity index is 2.23. The first-order valence-electron chi connectivity index (χ1n) is 4.73. The zero-order valence-electron chi connectivity index (χ0n) is 7.82. The summed E-state index contributed by atoms with van der Waals surface area (Å²) >= 11 is 0. The second-order valence-corrected chi connectivity index (χ2v) is 3.03. The fourth-order valence-corrected chi connectivity index (χ4v) is 1.16. The first-order valence-corrected chi connectivity index (χ1v) is 4.73. The molecular weight excluding hydrogens is 160 g/mol. The molecule has 0 aliphatic heterocycles. The van der Waals surface area contributed by atoms with Crippen molar-refractivity contribution in [2.75, 3.05) is 6.61 Å². The predicted octanol–water partition coefficient (Wildman–Crippen LogP) is 2.56. The van der Waals surface area contributed by atoms with Crippen molar-refractivity contribution in [1.82, 2.24) is 0 Å². The maximum absolute atomic E-state index is 8.55. The van der Waals surface area contributed by atoms with Crippen LogP contribution in [0.5, 0.6) is 0 Å². The number of allylic oxidation sites excluding steroid dienone is 2. The Morgan fingerprint density at radius 2 is 1.85 bits per heavy atom. The van der Waals surface area contributed by atoms with E-state index in [9.17, 15) is 0 Å². The molecule has 70 valence electrons. The molecular formula is C12H16O. The molecule has 0 atom stereocenters. The summed E-state index contributed by atoms with van der Waals surface area (Å²) in [5.41, 5.74) is 1.34. The van der Waals surface area contributed by atoms with Gasteiger partial charge in [-0.3, -0.25) is 0 Å². The standard InChI is InChI=1S/C12H16O/c13-11-7-2-1-4-8-12-9-5-3-6-10-12/h1,3-6,9-10,13H,2,7-8,11H2. The van der Waals surface area contributed by atoms with Gasteiger partial charge in [-0.2, -0.15) is 0 Å². The minimum absolute atomic E-state index is 0.287. The van der Waals surface area contributed by atoms with Crippen molar-refractivity contribution < 1.29 is 5.11 Å². The highest BCUT2D eigenvalue weighted by Gasteiger charge is 1.85. The lowest BCUT2D eigenvalue weighted by Gasteiger charge is -1.94. The minimum Gasteiger partial charge on any atom is -0.396 e. The second-order valence-electron chi connectivity index (χ2n) is 3.03. The summed E-state index contributed by atoms with van der Waals surface area (Å²) in [6.07, 6.45) is 7.12. The monoisotopic (exact) mass is 176 g/mol. The van der Waals surface area contributed by atoms with Crippen LogP contribution in [0, 0.1) is 0 Å². The van der Waals surface area contributed by atoms with E-state index in [1.165, 1.54) is 5.56 Å². The van der Waals surface area contributed by atoms with Crippen molar-refractivity contribution in [2.24, 2.45) is 0 Å². The van der Waals surface area contributed by atoms with Gasteiger partial charge in [0, 0.05) is 6.61 Å². The molecule has 1 heteroatoms. The molecule has 1 N–H and O–H groups in total. The molecule has 0 unspecified atom stereocenters. The van der Waals surface area contributed by atoms with Gasteiger partial charge in [0.1, 0.15) is 0 Å². The summed E-state index contributed by atoms with van der Waals surface area (Å²) in [6, 6.07) is 10.4. The van der Waals surface area contributed by atoms with Gasteiger partial charge in [0.25, 0.3) is 0 Å². The predicted molar refractivity (Wildman–Crippen MR) is 55.6 cm³/mol. The Kier molecular flexibility index (Phi) is 4.95. The summed E-state index contributed by atoms with van der Waals surface area (Å²) in [7, 11) is 0. The smallest absolute Gasteiger partial charge is 0.0433 e. The summed E-state index contributed by atoms with van der Waals surface area (Å²) in [6.45, 7) is 0.287. The SMILES string of the molecule is OCCCC=CCc1ccccc1. The van der Waals surface area contributed by atoms with E-state index in [2.05, 4.69) is 36.4 Å². The lowest BCUT2D eigenvalue weighted by molar-refractivity contribution is 0.289. The van der Waals surface area contributed by atoms with Crippen molar-refractivity contribution in [1.29, 1.82) is 0 Å². The number of hydrogen-bond donors (Lipinski definition) is 1. The molecule has 0 aliphatic rings. The Bertz CT molecular complexity index is 239. The molecule has 13 heavy (non-hydrogen) atoms. The molecule has 0 heterocycles. The molecule has 0 amide bonds. The fourth-order valence-electron chi connectivity index (χ4n) is 1.16. The van der Waals surface area contributed by atoms with Crippen LogP contribution in [0.3, 0.4) is 0 Å². The molecule has 1 nitrogen and oxygen atoms in total. The molecule has 0 spiro atoms. The Morgan fingerprint density at radius 1 is 1.08 bits per heavy atom. The van der Waals surface area contributed by atoms with Crippen molar-refractivity contribution in [3.8, 4) is 0 Å². The zero-order valence-corrected chi connectivity index (χ0v) is 7.82. The molecule has 0 fully saturated rings. The summed E-state index contributed by atoms with van der Waals surface area (Å²) in [4.78, 5) is 0. The zero-order chi connectivity index (χ0) is 9.36. The molecule has 0 radical (unpaired) electrons. The van der Waals surface area contributed by atoms with Gasteiger partial charge in [0.15, 0.2) is 0 Å². The highest BCUT2D eigenvalue weighted by atomic mass is 16.2. The molecule has 0 saturated heterocycles. The van der Waals surface area contributed by atoms with Crippen LogP contribution in [0.2, 0.25) is 0 Å². The Labute approximate surface area is 79.7 Å². The number of rotatable bonds is 5. The summed E-state index contributed by atoms with van der Waals surface area (Å²) in [5, 5.41) is 8.55. The van der Waals surface area contributed by atoms with Crippen LogP contribution in [0.4, 0.5) is 0 Å². The van der Waals surface area contributed by atoms with Gasteiger partial charge in [0.05, 0.1) is 0 Å². The van der Waals surface area contributed by atoms with Gasteiger partial charge in [-0.1, -0.05) is 42.5 Å². The van der Waals surface area contributed by atoms with Crippen LogP contribution in [-0.2, 0) is 6.42 Å². The lowest BCUT2D eigenvalue weighted by Crippen LogP contribution is -1.80. The van der Waals surface area contributed by atoms with E-state index in [-0.39, 0.29) is 6.61 Å². The number of unbranched alkanes of at least 4 members (excludes halogenated alkanes) is 1. The van der Waals surface area contributed by atoms with E-state index < -0.39 is 0 Å². The normalized spacial score (nSPS) is 10.8. The molecule has 0 aromatic heterocycles. The van der Waals surface area contributed by atoms with Gasteiger partial charge in [-0.05, 0) is 24.8 Å². The average Bonchev–Trinajstić information content (AvgIpc) is 2.19. The third kappa shape index (κ3) is 4.48. The van der Waals surface area contributed by atoms with Crippen LogP contribution < -0.4 is 0 Å². The van der Waals surface area contributed by atoms with Gasteiger partial charge in [-0.15, -0.1) is 0 Å². The van der Waals surface area contributed by atoms with Crippen molar-refractivity contribution in [3.05, 3.63) is 48.0 Å². The van der Waals surface area contributed by atoms with E-state index in [0.717, 1.165) is 19.3 Å². The highest BCUT2D eigenvalue weighted by Crippen LogP contribution is 2.00. The number of hydrogen-bond acceptors (Lipinski definition) is 1. The van der Waals surface area contributed by atoms with Crippen molar-refractivity contribution in [2.45, 2.75) is 19.3 Å². The molecule has 1 aromatic carbocycles. The quantitative estimate of drug-likeness (QED) is 0.540. The summed E-state index contributed by atoms with van der Waals surface area (Å²) < 4.78 is 0. The Morgan fingerprint density at radius 3 is 2.54 bits per heavy atom. The average molecular weight is 176 g/mol. The Hall–Kier alpha value is -1.08. The van der Waals surface area contributed by atoms with E-state index in [4.69, 9.17) is 5.11 Å². The van der Waals surface area contributed by atoms with Gasteiger partial charge in [0.2, 0.25) is 0 Å². The molecule has 0 bridgehead atoms. The molecule has 0 saturated carbocycles. The van der Waals surface area contributed by atoms with Crippen LogP contribution in [0.25, 0.3) is 0 Å². The number of aliphatic hydroxyl groups excluding tert-OH is 1. The van der Waals surface area contributed by atoms with Gasteiger partial charge in [-0.25, -0.2) is 0 Å². The minimum atomic E-state index is 0.287. The van der Waals surface area contributed by atoms with Crippen molar-refractivity contribution in [3.63, 3.8) is 0 Å². The van der Waals surface area contributed by atoms with E-state index in [1.54, 1.807) is 0 Å². The van der Waals surface area contributed by atoms with Crippen LogP contribution in [0.1, 0.15) is 18.4 Å². The first-order chi connectivity index (χ1) is 6.43. The van der Waals surface area contributed by atoms with E-state index >= 15 is 0 Å². The highest BCUT2D eigenvalue weighted by molar-refractivity contribution is 5.17. The van der Waals surface area contributed by atoms with E-state index in [1.807, 2.05) is 6.07 Å². The molecule has 1 rings (SSSR count). The van der Waals surface area contributed by atoms with Crippen LogP contribution >= 0.6 is 0 Å².